The SMILES string of the molecule is CCC(C)Nc1c(C)nn(C)c1C. The lowest BCUT2D eigenvalue weighted by molar-refractivity contribution is 0.729. The van der Waals surface area contributed by atoms with Crippen molar-refractivity contribution < 1.29 is 0 Å². The summed E-state index contributed by atoms with van der Waals surface area (Å²) in [4.78, 5) is 0. The Balaban J connectivity index is 2.87. The molecule has 1 heterocycles. The Morgan fingerprint density at radius 3 is 2.46 bits per heavy atom. The van der Waals surface area contributed by atoms with Gasteiger partial charge in [-0.2, -0.15) is 5.10 Å². The molecule has 13 heavy (non-hydrogen) atoms. The van der Waals surface area contributed by atoms with Crippen molar-refractivity contribution in [2.75, 3.05) is 5.32 Å². The van der Waals surface area contributed by atoms with Gasteiger partial charge >= 0.3 is 0 Å². The summed E-state index contributed by atoms with van der Waals surface area (Å²) in [7, 11) is 1.98. The largest absolute Gasteiger partial charge is 0.380 e. The number of nitrogens with one attached hydrogen (secondary N) is 1. The van der Waals surface area contributed by atoms with Gasteiger partial charge in [0.25, 0.3) is 0 Å². The highest BCUT2D eigenvalue weighted by Gasteiger charge is 2.10. The fraction of sp³-hybridized carbons (Fsp3) is 0.700. The van der Waals surface area contributed by atoms with Gasteiger partial charge in [-0.25, -0.2) is 0 Å². The summed E-state index contributed by atoms with van der Waals surface area (Å²) >= 11 is 0. The van der Waals surface area contributed by atoms with Gasteiger partial charge in [0.1, 0.15) is 0 Å². The van der Waals surface area contributed by atoms with Gasteiger partial charge in [0.15, 0.2) is 0 Å². The van der Waals surface area contributed by atoms with Crippen LogP contribution in [0.3, 0.4) is 0 Å². The van der Waals surface area contributed by atoms with Gasteiger partial charge in [0.05, 0.1) is 17.1 Å². The second-order valence-electron chi connectivity index (χ2n) is 3.62. The molecule has 1 atom stereocenters. The minimum Gasteiger partial charge on any atom is -0.380 e. The lowest BCUT2D eigenvalue weighted by Crippen LogP contribution is -2.14. The topological polar surface area (TPSA) is 29.9 Å². The molecule has 0 amide bonds. The van der Waals surface area contributed by atoms with Gasteiger partial charge < -0.3 is 5.32 Å². The van der Waals surface area contributed by atoms with Gasteiger partial charge in [-0.3, -0.25) is 4.68 Å². The summed E-state index contributed by atoms with van der Waals surface area (Å²) in [6, 6.07) is 0.515. The number of aryl methyl sites for hydroxylation is 2. The van der Waals surface area contributed by atoms with Gasteiger partial charge in [0, 0.05) is 13.1 Å². The molecule has 1 aromatic rings. The van der Waals surface area contributed by atoms with E-state index in [0.717, 1.165) is 12.1 Å². The van der Waals surface area contributed by atoms with Crippen LogP contribution in [0.25, 0.3) is 0 Å². The van der Waals surface area contributed by atoms with Crippen LogP contribution in [0, 0.1) is 13.8 Å². The van der Waals surface area contributed by atoms with Crippen molar-refractivity contribution in [3.8, 4) is 0 Å². The number of rotatable bonds is 3. The lowest BCUT2D eigenvalue weighted by atomic mass is 10.2. The Morgan fingerprint density at radius 2 is 2.08 bits per heavy atom. The first kappa shape index (κ1) is 10.1. The molecule has 74 valence electrons. The van der Waals surface area contributed by atoms with Gasteiger partial charge in [-0.05, 0) is 27.2 Å². The van der Waals surface area contributed by atoms with Crippen molar-refractivity contribution >= 4 is 5.69 Å². The van der Waals surface area contributed by atoms with Gasteiger partial charge in [-0.1, -0.05) is 6.92 Å². The third kappa shape index (κ3) is 2.02. The first-order chi connectivity index (χ1) is 6.06. The predicted octanol–water partition coefficient (Wildman–Crippen LogP) is 2.25. The van der Waals surface area contributed by atoms with Crippen molar-refractivity contribution in [3.05, 3.63) is 11.4 Å². The first-order valence-corrected chi connectivity index (χ1v) is 4.83. The van der Waals surface area contributed by atoms with Crippen LogP contribution in [0.15, 0.2) is 0 Å². The quantitative estimate of drug-likeness (QED) is 0.775. The molecule has 0 aliphatic rings. The standard InChI is InChI=1S/C10H19N3/c1-6-7(2)11-10-8(3)12-13(5)9(10)4/h7,11H,6H2,1-5H3. The fourth-order valence-corrected chi connectivity index (χ4v) is 1.33. The molecule has 0 saturated heterocycles. The van der Waals surface area contributed by atoms with Crippen LogP contribution in [0.4, 0.5) is 5.69 Å². The first-order valence-electron chi connectivity index (χ1n) is 4.83. The number of nitrogens with zero attached hydrogens (tertiary/aromatic N) is 2. The Morgan fingerprint density at radius 1 is 1.46 bits per heavy atom. The molecule has 3 heteroatoms. The van der Waals surface area contributed by atoms with E-state index in [9.17, 15) is 0 Å². The van der Waals surface area contributed by atoms with E-state index in [1.807, 2.05) is 18.7 Å². The van der Waals surface area contributed by atoms with Crippen LogP contribution < -0.4 is 5.32 Å². The Labute approximate surface area is 80.1 Å². The number of anilines is 1. The van der Waals surface area contributed by atoms with Crippen molar-refractivity contribution in [1.82, 2.24) is 9.78 Å². The van der Waals surface area contributed by atoms with Gasteiger partial charge in [0.2, 0.25) is 0 Å². The molecule has 0 radical (unpaired) electrons. The van der Waals surface area contributed by atoms with E-state index in [4.69, 9.17) is 0 Å². The van der Waals surface area contributed by atoms with Crippen LogP contribution in [-0.2, 0) is 7.05 Å². The van der Waals surface area contributed by atoms with Crippen LogP contribution in [0.5, 0.6) is 0 Å². The summed E-state index contributed by atoms with van der Waals surface area (Å²) in [5, 5.41) is 7.82. The fourth-order valence-electron chi connectivity index (χ4n) is 1.33. The predicted molar refractivity (Wildman–Crippen MR) is 56.1 cm³/mol. The van der Waals surface area contributed by atoms with Crippen LogP contribution >= 0.6 is 0 Å². The van der Waals surface area contributed by atoms with Crippen LogP contribution in [-0.4, -0.2) is 15.8 Å². The van der Waals surface area contributed by atoms with E-state index in [1.165, 1.54) is 11.4 Å². The summed E-state index contributed by atoms with van der Waals surface area (Å²) < 4.78 is 1.92. The molecule has 3 nitrogen and oxygen atoms in total. The normalized spacial score (nSPS) is 13.0. The van der Waals surface area contributed by atoms with E-state index in [0.29, 0.717) is 6.04 Å². The highest BCUT2D eigenvalue weighted by molar-refractivity contribution is 5.52. The molecule has 0 fully saturated rings. The second kappa shape index (κ2) is 3.81. The van der Waals surface area contributed by atoms with Crippen molar-refractivity contribution in [3.63, 3.8) is 0 Å². The number of hydrogen-bond donors (Lipinski definition) is 1. The Hall–Kier alpha value is -0.990. The second-order valence-corrected chi connectivity index (χ2v) is 3.62. The van der Waals surface area contributed by atoms with Crippen molar-refractivity contribution in [2.45, 2.75) is 40.2 Å². The van der Waals surface area contributed by atoms with Crippen LogP contribution in [0.1, 0.15) is 31.7 Å². The molecule has 0 aliphatic heterocycles. The molecule has 1 N–H and O–H groups in total. The smallest absolute Gasteiger partial charge is 0.0827 e. The average molecular weight is 181 g/mol. The lowest BCUT2D eigenvalue weighted by Gasteiger charge is -2.12. The van der Waals surface area contributed by atoms with E-state index in [-0.39, 0.29) is 0 Å². The minimum absolute atomic E-state index is 0.515. The molecule has 1 unspecified atom stereocenters. The monoisotopic (exact) mass is 181 g/mol. The zero-order chi connectivity index (χ0) is 10.0. The number of aromatic nitrogens is 2. The number of hydrogen-bond acceptors (Lipinski definition) is 2. The van der Waals surface area contributed by atoms with E-state index >= 15 is 0 Å². The molecule has 0 spiro atoms. The zero-order valence-corrected chi connectivity index (χ0v) is 9.18. The summed E-state index contributed by atoms with van der Waals surface area (Å²) in [5.41, 5.74) is 3.48. The van der Waals surface area contributed by atoms with Gasteiger partial charge in [-0.15, -0.1) is 0 Å². The van der Waals surface area contributed by atoms with Crippen molar-refractivity contribution in [1.29, 1.82) is 0 Å². The zero-order valence-electron chi connectivity index (χ0n) is 9.18. The summed E-state index contributed by atoms with van der Waals surface area (Å²) in [6.45, 7) is 8.49. The highest BCUT2D eigenvalue weighted by atomic mass is 15.3. The molecular formula is C10H19N3. The molecule has 0 bridgehead atoms. The van der Waals surface area contributed by atoms with Crippen LogP contribution in [0.2, 0.25) is 0 Å². The summed E-state index contributed by atoms with van der Waals surface area (Å²) in [6.07, 6.45) is 1.13. The third-order valence-electron chi connectivity index (χ3n) is 2.51. The molecule has 0 saturated carbocycles. The molecule has 1 aromatic heterocycles. The van der Waals surface area contributed by atoms with E-state index in [2.05, 4.69) is 31.2 Å². The highest BCUT2D eigenvalue weighted by Crippen LogP contribution is 2.19. The third-order valence-corrected chi connectivity index (χ3v) is 2.51. The Bertz CT molecular complexity index is 289. The van der Waals surface area contributed by atoms with Crippen molar-refractivity contribution in [2.24, 2.45) is 7.05 Å². The Kier molecular flexibility index (Phi) is 2.96. The molecule has 0 aliphatic carbocycles. The summed E-state index contributed by atoms with van der Waals surface area (Å²) in [5.74, 6) is 0. The molecular weight excluding hydrogens is 162 g/mol. The maximum atomic E-state index is 4.35. The molecule has 0 aromatic carbocycles. The van der Waals surface area contributed by atoms with E-state index in [1.54, 1.807) is 0 Å². The average Bonchev–Trinajstić information content (AvgIpc) is 2.32. The maximum absolute atomic E-state index is 4.35. The minimum atomic E-state index is 0.515. The van der Waals surface area contributed by atoms with E-state index < -0.39 is 0 Å². The maximum Gasteiger partial charge on any atom is 0.0827 e. The molecule has 1 rings (SSSR count).